The van der Waals surface area contributed by atoms with Crippen LogP contribution in [-0.2, 0) is 6.42 Å². The summed E-state index contributed by atoms with van der Waals surface area (Å²) < 4.78 is 0. The summed E-state index contributed by atoms with van der Waals surface area (Å²) in [5.41, 5.74) is 1.39. The number of nitrogens with zero attached hydrogens (tertiary/aromatic N) is 1. The summed E-state index contributed by atoms with van der Waals surface area (Å²) in [6.07, 6.45) is 5.72. The third kappa shape index (κ3) is 2.09. The number of thiazole rings is 1. The van der Waals surface area contributed by atoms with Crippen LogP contribution in [0, 0.1) is 5.92 Å². The van der Waals surface area contributed by atoms with Gasteiger partial charge in [-0.15, -0.1) is 11.3 Å². The van der Waals surface area contributed by atoms with Gasteiger partial charge in [-0.25, -0.2) is 0 Å². The number of hydrogen-bond acceptors (Lipinski definition) is 3. The minimum atomic E-state index is -0.439. The molecule has 1 heterocycles. The van der Waals surface area contributed by atoms with E-state index < -0.39 is 5.60 Å². The van der Waals surface area contributed by atoms with E-state index in [-0.39, 0.29) is 0 Å². The van der Waals surface area contributed by atoms with Crippen LogP contribution < -0.4 is 0 Å². The molecule has 3 heteroatoms. The zero-order valence-corrected chi connectivity index (χ0v) is 8.68. The van der Waals surface area contributed by atoms with Gasteiger partial charge < -0.3 is 5.11 Å². The van der Waals surface area contributed by atoms with Gasteiger partial charge in [0.1, 0.15) is 0 Å². The van der Waals surface area contributed by atoms with Crippen LogP contribution in [0.3, 0.4) is 0 Å². The summed E-state index contributed by atoms with van der Waals surface area (Å²) >= 11 is 1.64. The Labute approximate surface area is 82.6 Å². The van der Waals surface area contributed by atoms with Crippen molar-refractivity contribution >= 4 is 11.3 Å². The summed E-state index contributed by atoms with van der Waals surface area (Å²) in [6.45, 7) is 2.21. The van der Waals surface area contributed by atoms with E-state index in [4.69, 9.17) is 0 Å². The molecule has 1 aromatic rings. The maximum atomic E-state index is 10.2. The van der Waals surface area contributed by atoms with Gasteiger partial charge in [0, 0.05) is 17.5 Å². The van der Waals surface area contributed by atoms with Crippen molar-refractivity contribution in [3.63, 3.8) is 0 Å². The monoisotopic (exact) mass is 197 g/mol. The highest BCUT2D eigenvalue weighted by Crippen LogP contribution is 2.36. The van der Waals surface area contributed by atoms with Crippen LogP contribution in [0.2, 0.25) is 0 Å². The fourth-order valence-electron chi connectivity index (χ4n) is 2.18. The molecule has 0 spiro atoms. The van der Waals surface area contributed by atoms with Crippen molar-refractivity contribution in [3.8, 4) is 0 Å². The molecular weight excluding hydrogens is 182 g/mol. The second-order valence-electron chi connectivity index (χ2n) is 4.22. The van der Waals surface area contributed by atoms with Gasteiger partial charge in [0.15, 0.2) is 0 Å². The van der Waals surface area contributed by atoms with Gasteiger partial charge in [0.05, 0.1) is 11.1 Å². The van der Waals surface area contributed by atoms with Crippen LogP contribution in [0.1, 0.15) is 31.1 Å². The fourth-order valence-corrected chi connectivity index (χ4v) is 2.91. The van der Waals surface area contributed by atoms with Crippen LogP contribution in [-0.4, -0.2) is 15.7 Å². The quantitative estimate of drug-likeness (QED) is 0.788. The smallest absolute Gasteiger partial charge is 0.0794 e. The molecule has 1 N–H and O–H groups in total. The lowest BCUT2D eigenvalue weighted by Gasteiger charge is -2.21. The molecular formula is C10H15NOS. The van der Waals surface area contributed by atoms with Crippen molar-refractivity contribution in [2.75, 3.05) is 0 Å². The standard InChI is InChI=1S/C10H15NOS/c1-8-2-3-10(12,4-8)5-9-6-11-7-13-9/h6-8,12H,2-5H2,1H3. The van der Waals surface area contributed by atoms with E-state index in [1.54, 1.807) is 11.3 Å². The van der Waals surface area contributed by atoms with Gasteiger partial charge >= 0.3 is 0 Å². The van der Waals surface area contributed by atoms with Crippen LogP contribution >= 0.6 is 11.3 Å². The number of hydrogen-bond donors (Lipinski definition) is 1. The largest absolute Gasteiger partial charge is 0.390 e. The van der Waals surface area contributed by atoms with Gasteiger partial charge in [0.2, 0.25) is 0 Å². The molecule has 2 unspecified atom stereocenters. The maximum Gasteiger partial charge on any atom is 0.0794 e. The van der Waals surface area contributed by atoms with Crippen LogP contribution in [0.5, 0.6) is 0 Å². The molecule has 72 valence electrons. The predicted molar refractivity (Wildman–Crippen MR) is 53.8 cm³/mol. The number of aromatic nitrogens is 1. The Balaban J connectivity index is 2.01. The Hall–Kier alpha value is -0.410. The lowest BCUT2D eigenvalue weighted by Crippen LogP contribution is -2.27. The van der Waals surface area contributed by atoms with Crippen molar-refractivity contribution in [1.29, 1.82) is 0 Å². The van der Waals surface area contributed by atoms with E-state index in [0.29, 0.717) is 5.92 Å². The lowest BCUT2D eigenvalue weighted by molar-refractivity contribution is 0.0454. The molecule has 0 aliphatic heterocycles. The molecule has 0 saturated heterocycles. The van der Waals surface area contributed by atoms with E-state index in [1.165, 1.54) is 4.88 Å². The van der Waals surface area contributed by atoms with Gasteiger partial charge in [-0.3, -0.25) is 4.98 Å². The second-order valence-corrected chi connectivity index (χ2v) is 5.19. The average Bonchev–Trinajstić information content (AvgIpc) is 2.62. The molecule has 0 radical (unpaired) electrons. The molecule has 2 nitrogen and oxygen atoms in total. The molecule has 0 bridgehead atoms. The lowest BCUT2D eigenvalue weighted by atomic mass is 9.96. The van der Waals surface area contributed by atoms with Crippen molar-refractivity contribution in [2.24, 2.45) is 5.92 Å². The highest BCUT2D eigenvalue weighted by atomic mass is 32.1. The Morgan fingerprint density at radius 3 is 3.15 bits per heavy atom. The SMILES string of the molecule is CC1CCC(O)(Cc2cncs2)C1. The van der Waals surface area contributed by atoms with Crippen LogP contribution in [0.15, 0.2) is 11.7 Å². The third-order valence-electron chi connectivity index (χ3n) is 2.82. The summed E-state index contributed by atoms with van der Waals surface area (Å²) in [5.74, 6) is 0.679. The Kier molecular flexibility index (Phi) is 2.39. The van der Waals surface area contributed by atoms with E-state index in [0.717, 1.165) is 25.7 Å². The second kappa shape index (κ2) is 3.39. The van der Waals surface area contributed by atoms with Gasteiger partial charge in [-0.05, 0) is 25.2 Å². The van der Waals surface area contributed by atoms with E-state index >= 15 is 0 Å². The van der Waals surface area contributed by atoms with Gasteiger partial charge in [-0.1, -0.05) is 6.92 Å². The Bertz CT molecular complexity index is 272. The molecule has 1 aliphatic carbocycles. The third-order valence-corrected chi connectivity index (χ3v) is 3.60. The highest BCUT2D eigenvalue weighted by Gasteiger charge is 2.35. The zero-order valence-electron chi connectivity index (χ0n) is 7.86. The van der Waals surface area contributed by atoms with Crippen LogP contribution in [0.25, 0.3) is 0 Å². The number of rotatable bonds is 2. The summed E-state index contributed by atoms with van der Waals surface area (Å²) in [5, 5.41) is 10.2. The van der Waals surface area contributed by atoms with Crippen molar-refractivity contribution in [2.45, 2.75) is 38.2 Å². The van der Waals surface area contributed by atoms with Crippen molar-refractivity contribution in [3.05, 3.63) is 16.6 Å². The van der Waals surface area contributed by atoms with E-state index in [1.807, 2.05) is 11.7 Å². The molecule has 0 amide bonds. The summed E-state index contributed by atoms with van der Waals surface area (Å²) in [4.78, 5) is 5.23. The van der Waals surface area contributed by atoms with Crippen molar-refractivity contribution < 1.29 is 5.11 Å². The topological polar surface area (TPSA) is 33.1 Å². The molecule has 13 heavy (non-hydrogen) atoms. The molecule has 0 aromatic carbocycles. The summed E-state index contributed by atoms with van der Waals surface area (Å²) in [7, 11) is 0. The van der Waals surface area contributed by atoms with E-state index in [2.05, 4.69) is 11.9 Å². The first kappa shape index (κ1) is 9.16. The molecule has 1 saturated carbocycles. The predicted octanol–water partition coefficient (Wildman–Crippen LogP) is 2.24. The number of aliphatic hydroxyl groups is 1. The maximum absolute atomic E-state index is 10.2. The fraction of sp³-hybridized carbons (Fsp3) is 0.700. The molecule has 2 atom stereocenters. The highest BCUT2D eigenvalue weighted by molar-refractivity contribution is 7.09. The van der Waals surface area contributed by atoms with Gasteiger partial charge in [0.25, 0.3) is 0 Å². The first-order valence-corrected chi connectivity index (χ1v) is 5.66. The van der Waals surface area contributed by atoms with Crippen molar-refractivity contribution in [1.82, 2.24) is 4.98 Å². The average molecular weight is 197 g/mol. The molecule has 1 fully saturated rings. The zero-order chi connectivity index (χ0) is 9.31. The minimum Gasteiger partial charge on any atom is -0.390 e. The molecule has 1 aromatic heterocycles. The minimum absolute atomic E-state index is 0.439. The molecule has 2 rings (SSSR count). The Morgan fingerprint density at radius 2 is 2.62 bits per heavy atom. The summed E-state index contributed by atoms with van der Waals surface area (Å²) in [6, 6.07) is 0. The molecule has 1 aliphatic rings. The first-order valence-electron chi connectivity index (χ1n) is 4.78. The first-order chi connectivity index (χ1) is 6.18. The normalized spacial score (nSPS) is 33.8. The van der Waals surface area contributed by atoms with Crippen LogP contribution in [0.4, 0.5) is 0 Å². The van der Waals surface area contributed by atoms with Gasteiger partial charge in [-0.2, -0.15) is 0 Å². The Morgan fingerprint density at radius 1 is 1.77 bits per heavy atom. The van der Waals surface area contributed by atoms with E-state index in [9.17, 15) is 5.11 Å².